The maximum absolute atomic E-state index is 12.3. The van der Waals surface area contributed by atoms with Crippen molar-refractivity contribution in [3.05, 3.63) is 6.20 Å². The largest absolute Gasteiger partial charge is 0.465 e. The van der Waals surface area contributed by atoms with Gasteiger partial charge in [0.05, 0.1) is 6.20 Å². The van der Waals surface area contributed by atoms with Crippen LogP contribution >= 0.6 is 0 Å². The summed E-state index contributed by atoms with van der Waals surface area (Å²) in [7, 11) is 0. The highest BCUT2D eigenvalue weighted by atomic mass is 16.6. The fraction of sp³-hybridized carbons (Fsp3) is 0.591. The lowest BCUT2D eigenvalue weighted by Crippen LogP contribution is -2.50. The van der Waals surface area contributed by atoms with E-state index in [2.05, 4.69) is 31.0 Å². The summed E-state index contributed by atoms with van der Waals surface area (Å²) in [5, 5.41) is 33.0. The van der Waals surface area contributed by atoms with Crippen molar-refractivity contribution < 1.29 is 38.9 Å². The Bertz CT molecular complexity index is 1130. The highest BCUT2D eigenvalue weighted by Gasteiger charge is 2.26. The van der Waals surface area contributed by atoms with E-state index in [1.165, 1.54) is 11.1 Å². The molecule has 1 aromatic heterocycles. The normalized spacial score (nSPS) is 13.9. The molecule has 0 aliphatic carbocycles. The van der Waals surface area contributed by atoms with E-state index in [4.69, 9.17) is 9.47 Å². The minimum atomic E-state index is -1.63. The van der Waals surface area contributed by atoms with Gasteiger partial charge in [0, 0.05) is 26.2 Å². The van der Waals surface area contributed by atoms with Gasteiger partial charge in [0.2, 0.25) is 11.9 Å². The van der Waals surface area contributed by atoms with Gasteiger partial charge in [0.15, 0.2) is 0 Å². The number of guanidine groups is 2. The molecule has 4 amide bonds. The number of carbonyl (C=O) groups excluding carboxylic acids is 2. The number of rotatable bonds is 4. The van der Waals surface area contributed by atoms with Crippen LogP contribution in [0.4, 0.5) is 30.7 Å². The highest BCUT2D eigenvalue weighted by Crippen LogP contribution is 2.28. The zero-order valence-electron chi connectivity index (χ0n) is 22.7. The summed E-state index contributed by atoms with van der Waals surface area (Å²) in [6, 6.07) is 0. The number of hydrogen-bond donors (Lipinski definition) is 6. The second-order valence-corrected chi connectivity index (χ2v) is 10.2. The number of nitrogens with zero attached hydrogens (tertiary/aromatic N) is 5. The summed E-state index contributed by atoms with van der Waals surface area (Å²) in [6.45, 7) is 10.9. The van der Waals surface area contributed by atoms with Gasteiger partial charge in [-0.3, -0.25) is 10.6 Å². The molecule has 6 N–H and O–H groups in total. The number of carboxylic acid groups (broad SMARTS) is 2. The van der Waals surface area contributed by atoms with Crippen LogP contribution in [-0.4, -0.2) is 87.1 Å². The Morgan fingerprint density at radius 2 is 1.74 bits per heavy atom. The maximum Gasteiger partial charge on any atom is 0.437 e. The number of nitrogens with one attached hydrogen (secondary N) is 4. The Balaban J connectivity index is 2.33. The van der Waals surface area contributed by atoms with Crippen LogP contribution in [0.25, 0.3) is 0 Å². The molecule has 0 bridgehead atoms. The summed E-state index contributed by atoms with van der Waals surface area (Å²) in [6.07, 6.45) is -2.83. The monoisotopic (exact) mass is 553 g/mol. The first-order chi connectivity index (χ1) is 18.0. The molecule has 1 aliphatic heterocycles. The second kappa shape index (κ2) is 12.8. The number of amides is 4. The van der Waals surface area contributed by atoms with Gasteiger partial charge < -0.3 is 35.2 Å². The van der Waals surface area contributed by atoms with Gasteiger partial charge in [-0.2, -0.15) is 5.10 Å². The molecule has 0 radical (unpaired) electrons. The van der Waals surface area contributed by atoms with E-state index in [0.29, 0.717) is 24.6 Å². The van der Waals surface area contributed by atoms with Gasteiger partial charge in [-0.05, 0) is 48.0 Å². The molecule has 216 valence electrons. The molecule has 17 nitrogen and oxygen atoms in total. The molecular weight excluding hydrogens is 518 g/mol. The molecule has 0 saturated carbocycles. The quantitative estimate of drug-likeness (QED) is 0.233. The number of aliphatic imine (C=N–C) groups is 2. The van der Waals surface area contributed by atoms with Crippen molar-refractivity contribution >= 4 is 47.8 Å². The van der Waals surface area contributed by atoms with Crippen LogP contribution in [0.1, 0.15) is 48.0 Å². The molecule has 1 aliphatic rings. The molecule has 0 fully saturated rings. The Morgan fingerprint density at radius 1 is 1.08 bits per heavy atom. The Morgan fingerprint density at radius 3 is 2.33 bits per heavy atom. The van der Waals surface area contributed by atoms with Crippen molar-refractivity contribution in [3.63, 3.8) is 0 Å². The fourth-order valence-electron chi connectivity index (χ4n) is 3.22. The molecule has 0 unspecified atom stereocenters. The average molecular weight is 554 g/mol. The van der Waals surface area contributed by atoms with Crippen LogP contribution in [0.15, 0.2) is 16.2 Å². The first-order valence-corrected chi connectivity index (χ1v) is 12.0. The molecule has 2 heterocycles. The van der Waals surface area contributed by atoms with Crippen LogP contribution < -0.4 is 26.2 Å². The molecule has 1 aromatic rings. The van der Waals surface area contributed by atoms with Gasteiger partial charge in [0.1, 0.15) is 22.7 Å². The van der Waals surface area contributed by atoms with Crippen molar-refractivity contribution in [2.24, 2.45) is 9.98 Å². The van der Waals surface area contributed by atoms with E-state index in [0.717, 1.165) is 6.42 Å². The fourth-order valence-corrected chi connectivity index (χ4v) is 3.22. The summed E-state index contributed by atoms with van der Waals surface area (Å²) in [5.74, 6) is -0.289. The third kappa shape index (κ3) is 10.7. The second-order valence-electron chi connectivity index (χ2n) is 10.2. The number of ether oxygens (including phenoxy) is 2. The maximum atomic E-state index is 12.3. The Labute approximate surface area is 224 Å². The smallest absolute Gasteiger partial charge is 0.437 e. The minimum Gasteiger partial charge on any atom is -0.465 e. The van der Waals surface area contributed by atoms with E-state index in [1.54, 1.807) is 46.2 Å². The van der Waals surface area contributed by atoms with E-state index >= 15 is 0 Å². The topological polar surface area (TPSA) is 221 Å². The van der Waals surface area contributed by atoms with E-state index in [-0.39, 0.29) is 19.0 Å². The van der Waals surface area contributed by atoms with Crippen LogP contribution in [0.3, 0.4) is 0 Å². The molecule has 17 heteroatoms. The van der Waals surface area contributed by atoms with Gasteiger partial charge in [-0.1, -0.05) is 0 Å². The number of aromatic nitrogens is 2. The Hall–Kier alpha value is -4.57. The number of anilines is 2. The molecule has 0 atom stereocenters. The molecule has 0 spiro atoms. The van der Waals surface area contributed by atoms with E-state index < -0.39 is 41.5 Å². The summed E-state index contributed by atoms with van der Waals surface area (Å²) < 4.78 is 12.0. The number of fused-ring (bicyclic) bond motifs is 1. The average Bonchev–Trinajstić information content (AvgIpc) is 3.16. The molecule has 39 heavy (non-hydrogen) atoms. The third-order valence-corrected chi connectivity index (χ3v) is 4.47. The number of hydrogen-bond acceptors (Lipinski definition) is 8. The number of aryl methyl sites for hydroxylation is 1. The van der Waals surface area contributed by atoms with E-state index in [9.17, 15) is 29.4 Å². The third-order valence-electron chi connectivity index (χ3n) is 4.47. The van der Waals surface area contributed by atoms with Crippen molar-refractivity contribution in [1.29, 1.82) is 0 Å². The lowest BCUT2D eigenvalue weighted by atomic mass is 10.2. The summed E-state index contributed by atoms with van der Waals surface area (Å²) >= 11 is 0. The standard InChI is InChI=1S/C22H35N9O8/c1-21(2,3)38-19(36)26-15(27-20(37)39-22(4,5)6)24-9-11-30(16(28-17(32)33)29-18(34)35)13-12-25-31-10-7-8-23-14(13)31/h12,23H,7-11H2,1-6H3,(H,28,29)(H,32,33)(H,34,35)(H2,24,26,27,36,37). The van der Waals surface area contributed by atoms with Gasteiger partial charge in [-0.25, -0.2) is 23.9 Å². The predicted octanol–water partition coefficient (Wildman–Crippen LogP) is 2.21. The minimum absolute atomic E-state index is 0.0953. The van der Waals surface area contributed by atoms with Crippen molar-refractivity contribution in [1.82, 2.24) is 25.7 Å². The van der Waals surface area contributed by atoms with E-state index in [1.807, 2.05) is 5.32 Å². The Kier molecular flexibility index (Phi) is 10.1. The first-order valence-electron chi connectivity index (χ1n) is 12.0. The number of alkyl carbamates (subject to hydrolysis) is 1. The SMILES string of the molecule is CC(C)(C)OC(=O)N=C(NCCN(C(=NC(=O)O)NC(=O)O)c1cnn2c1NCCC2)NC(=O)OC(C)(C)C. The lowest BCUT2D eigenvalue weighted by Gasteiger charge is -2.27. The number of carbonyl (C=O) groups is 4. The zero-order valence-corrected chi connectivity index (χ0v) is 22.7. The lowest BCUT2D eigenvalue weighted by molar-refractivity contribution is 0.0560. The summed E-state index contributed by atoms with van der Waals surface area (Å²) in [4.78, 5) is 55.8. The zero-order chi connectivity index (χ0) is 29.4. The molecule has 2 rings (SSSR count). The molecule has 0 aromatic carbocycles. The van der Waals surface area contributed by atoms with Crippen LogP contribution in [-0.2, 0) is 16.0 Å². The van der Waals surface area contributed by atoms with Crippen LogP contribution in [0.5, 0.6) is 0 Å². The summed E-state index contributed by atoms with van der Waals surface area (Å²) in [5.41, 5.74) is -1.35. The van der Waals surface area contributed by atoms with Gasteiger partial charge in [0.25, 0.3) is 0 Å². The van der Waals surface area contributed by atoms with Crippen LogP contribution in [0.2, 0.25) is 0 Å². The van der Waals surface area contributed by atoms with Crippen molar-refractivity contribution in [2.45, 2.75) is 65.7 Å². The first kappa shape index (κ1) is 30.7. The van der Waals surface area contributed by atoms with Crippen molar-refractivity contribution in [2.75, 3.05) is 29.9 Å². The van der Waals surface area contributed by atoms with Crippen LogP contribution in [0, 0.1) is 0 Å². The predicted molar refractivity (Wildman–Crippen MR) is 140 cm³/mol. The van der Waals surface area contributed by atoms with Crippen molar-refractivity contribution in [3.8, 4) is 0 Å². The van der Waals surface area contributed by atoms with Gasteiger partial charge in [-0.15, -0.1) is 9.98 Å². The molecular formula is C22H35N9O8. The molecule has 0 saturated heterocycles. The highest BCUT2D eigenvalue weighted by molar-refractivity contribution is 6.08. The van der Waals surface area contributed by atoms with Gasteiger partial charge >= 0.3 is 24.4 Å².